The molecule has 0 radical (unpaired) electrons. The van der Waals surface area contributed by atoms with Crippen LogP contribution in [0, 0.1) is 0 Å². The third-order valence-electron chi connectivity index (χ3n) is 2.14. The van der Waals surface area contributed by atoms with Gasteiger partial charge in [0.2, 0.25) is 0 Å². The standard InChI is InChI=1S/C11H15NO2/c1-7(2)9-6-8(11(14)12-3)4-5-10(9)13/h4-7,13H,1-3H3,(H,12,14). The number of rotatable bonds is 2. The van der Waals surface area contributed by atoms with E-state index in [4.69, 9.17) is 0 Å². The Hall–Kier alpha value is -1.51. The summed E-state index contributed by atoms with van der Waals surface area (Å²) in [5, 5.41) is 12.1. The first-order valence-electron chi connectivity index (χ1n) is 4.61. The molecule has 0 aliphatic rings. The van der Waals surface area contributed by atoms with Gasteiger partial charge in [-0.25, -0.2) is 0 Å². The minimum Gasteiger partial charge on any atom is -0.508 e. The largest absolute Gasteiger partial charge is 0.508 e. The second-order valence-electron chi connectivity index (χ2n) is 3.51. The molecule has 0 saturated heterocycles. The molecular weight excluding hydrogens is 178 g/mol. The summed E-state index contributed by atoms with van der Waals surface area (Å²) in [4.78, 5) is 11.3. The van der Waals surface area contributed by atoms with Crippen molar-refractivity contribution in [2.24, 2.45) is 0 Å². The van der Waals surface area contributed by atoms with Gasteiger partial charge in [-0.3, -0.25) is 4.79 Å². The molecule has 2 N–H and O–H groups in total. The zero-order chi connectivity index (χ0) is 10.7. The predicted octanol–water partition coefficient (Wildman–Crippen LogP) is 1.88. The number of aromatic hydroxyl groups is 1. The molecule has 3 nitrogen and oxygen atoms in total. The van der Waals surface area contributed by atoms with Crippen molar-refractivity contribution in [1.82, 2.24) is 5.32 Å². The molecule has 1 aromatic rings. The summed E-state index contributed by atoms with van der Waals surface area (Å²) in [5.74, 6) is 0.319. The van der Waals surface area contributed by atoms with Crippen LogP contribution in [-0.2, 0) is 0 Å². The summed E-state index contributed by atoms with van der Waals surface area (Å²) in [7, 11) is 1.59. The number of carbonyl (C=O) groups excluding carboxylic acids is 1. The van der Waals surface area contributed by atoms with Crippen molar-refractivity contribution < 1.29 is 9.90 Å². The van der Waals surface area contributed by atoms with E-state index in [0.29, 0.717) is 5.56 Å². The summed E-state index contributed by atoms with van der Waals surface area (Å²) in [6, 6.07) is 4.89. The Morgan fingerprint density at radius 3 is 2.57 bits per heavy atom. The van der Waals surface area contributed by atoms with Gasteiger partial charge >= 0.3 is 0 Å². The van der Waals surface area contributed by atoms with E-state index in [9.17, 15) is 9.90 Å². The van der Waals surface area contributed by atoms with Crippen molar-refractivity contribution in [3.05, 3.63) is 29.3 Å². The Bertz CT molecular complexity index is 345. The minimum absolute atomic E-state index is 0.132. The van der Waals surface area contributed by atoms with Crippen LogP contribution in [0.1, 0.15) is 35.7 Å². The molecule has 3 heteroatoms. The van der Waals surface area contributed by atoms with Gasteiger partial charge < -0.3 is 10.4 Å². The highest BCUT2D eigenvalue weighted by Gasteiger charge is 2.09. The number of amides is 1. The van der Waals surface area contributed by atoms with Crippen LogP contribution in [0.2, 0.25) is 0 Å². The number of benzene rings is 1. The van der Waals surface area contributed by atoms with E-state index in [2.05, 4.69) is 5.32 Å². The number of phenols is 1. The fourth-order valence-electron chi connectivity index (χ4n) is 1.30. The average molecular weight is 193 g/mol. The highest BCUT2D eigenvalue weighted by atomic mass is 16.3. The molecule has 0 saturated carbocycles. The smallest absolute Gasteiger partial charge is 0.251 e. The lowest BCUT2D eigenvalue weighted by Gasteiger charge is -2.09. The maximum Gasteiger partial charge on any atom is 0.251 e. The van der Waals surface area contributed by atoms with Crippen molar-refractivity contribution >= 4 is 5.91 Å². The summed E-state index contributed by atoms with van der Waals surface area (Å²) >= 11 is 0. The maximum atomic E-state index is 11.3. The minimum atomic E-state index is -0.132. The molecule has 76 valence electrons. The van der Waals surface area contributed by atoms with Crippen LogP contribution in [0.15, 0.2) is 18.2 Å². The molecule has 0 aliphatic carbocycles. The number of hydrogen-bond donors (Lipinski definition) is 2. The van der Waals surface area contributed by atoms with Crippen LogP contribution in [-0.4, -0.2) is 18.1 Å². The van der Waals surface area contributed by atoms with Gasteiger partial charge in [0, 0.05) is 12.6 Å². The zero-order valence-corrected chi connectivity index (χ0v) is 8.66. The lowest BCUT2D eigenvalue weighted by molar-refractivity contribution is 0.0963. The van der Waals surface area contributed by atoms with Crippen LogP contribution in [0.3, 0.4) is 0 Å². The second kappa shape index (κ2) is 4.13. The highest BCUT2D eigenvalue weighted by Crippen LogP contribution is 2.26. The van der Waals surface area contributed by atoms with E-state index in [-0.39, 0.29) is 17.6 Å². The zero-order valence-electron chi connectivity index (χ0n) is 8.66. The van der Waals surface area contributed by atoms with Gasteiger partial charge in [0.25, 0.3) is 5.91 Å². The van der Waals surface area contributed by atoms with Crippen molar-refractivity contribution in [1.29, 1.82) is 0 Å². The number of phenolic OH excluding ortho intramolecular Hbond substituents is 1. The lowest BCUT2D eigenvalue weighted by atomic mass is 9.99. The summed E-state index contributed by atoms with van der Waals surface area (Å²) < 4.78 is 0. The van der Waals surface area contributed by atoms with E-state index in [1.54, 1.807) is 25.2 Å². The van der Waals surface area contributed by atoms with E-state index in [1.165, 1.54) is 0 Å². The molecular formula is C11H15NO2. The fourth-order valence-corrected chi connectivity index (χ4v) is 1.30. The molecule has 0 aliphatic heterocycles. The van der Waals surface area contributed by atoms with Gasteiger partial charge in [-0.1, -0.05) is 13.8 Å². The Morgan fingerprint density at radius 2 is 2.07 bits per heavy atom. The van der Waals surface area contributed by atoms with Crippen LogP contribution >= 0.6 is 0 Å². The van der Waals surface area contributed by atoms with Crippen LogP contribution in [0.4, 0.5) is 0 Å². The van der Waals surface area contributed by atoms with Gasteiger partial charge in [0.05, 0.1) is 0 Å². The van der Waals surface area contributed by atoms with E-state index < -0.39 is 0 Å². The maximum absolute atomic E-state index is 11.3. The Balaban J connectivity index is 3.13. The molecule has 14 heavy (non-hydrogen) atoms. The molecule has 1 aromatic carbocycles. The van der Waals surface area contributed by atoms with Gasteiger partial charge in [-0.05, 0) is 29.7 Å². The van der Waals surface area contributed by atoms with E-state index >= 15 is 0 Å². The normalized spacial score (nSPS) is 10.3. The SMILES string of the molecule is CNC(=O)c1ccc(O)c(C(C)C)c1. The van der Waals surface area contributed by atoms with Gasteiger partial charge in [0.1, 0.15) is 5.75 Å². The van der Waals surface area contributed by atoms with Crippen molar-refractivity contribution in [2.45, 2.75) is 19.8 Å². The molecule has 1 amide bonds. The monoisotopic (exact) mass is 193 g/mol. The van der Waals surface area contributed by atoms with E-state index in [1.807, 2.05) is 13.8 Å². The molecule has 0 fully saturated rings. The summed E-state index contributed by atoms with van der Waals surface area (Å²) in [5.41, 5.74) is 1.38. The molecule has 0 atom stereocenters. The first-order valence-corrected chi connectivity index (χ1v) is 4.61. The van der Waals surface area contributed by atoms with Crippen LogP contribution < -0.4 is 5.32 Å². The van der Waals surface area contributed by atoms with Gasteiger partial charge in [0.15, 0.2) is 0 Å². The first kappa shape index (κ1) is 10.6. The van der Waals surface area contributed by atoms with Gasteiger partial charge in [-0.2, -0.15) is 0 Å². The third-order valence-corrected chi connectivity index (χ3v) is 2.14. The second-order valence-corrected chi connectivity index (χ2v) is 3.51. The molecule has 0 bridgehead atoms. The highest BCUT2D eigenvalue weighted by molar-refractivity contribution is 5.94. The topological polar surface area (TPSA) is 49.3 Å². The Labute approximate surface area is 83.8 Å². The Kier molecular flexibility index (Phi) is 3.12. The van der Waals surface area contributed by atoms with Gasteiger partial charge in [-0.15, -0.1) is 0 Å². The quantitative estimate of drug-likeness (QED) is 0.753. The van der Waals surface area contributed by atoms with Crippen molar-refractivity contribution in [3.63, 3.8) is 0 Å². The average Bonchev–Trinajstić information content (AvgIpc) is 2.17. The molecule has 0 heterocycles. The Morgan fingerprint density at radius 1 is 1.43 bits per heavy atom. The van der Waals surface area contributed by atoms with Crippen molar-refractivity contribution in [2.75, 3.05) is 7.05 Å². The summed E-state index contributed by atoms with van der Waals surface area (Å²) in [6.07, 6.45) is 0. The van der Waals surface area contributed by atoms with E-state index in [0.717, 1.165) is 5.56 Å². The molecule has 0 aromatic heterocycles. The van der Waals surface area contributed by atoms with Crippen molar-refractivity contribution in [3.8, 4) is 5.75 Å². The predicted molar refractivity (Wildman–Crippen MR) is 55.6 cm³/mol. The third kappa shape index (κ3) is 2.05. The number of nitrogens with one attached hydrogen (secondary N) is 1. The molecule has 0 unspecified atom stereocenters. The number of hydrogen-bond acceptors (Lipinski definition) is 2. The van der Waals surface area contributed by atoms with Crippen LogP contribution in [0.5, 0.6) is 5.75 Å². The summed E-state index contributed by atoms with van der Waals surface area (Å²) in [6.45, 7) is 3.95. The molecule has 1 rings (SSSR count). The first-order chi connectivity index (χ1) is 6.56. The van der Waals surface area contributed by atoms with Crippen LogP contribution in [0.25, 0.3) is 0 Å². The lowest BCUT2D eigenvalue weighted by Crippen LogP contribution is -2.17. The molecule has 0 spiro atoms. The number of carbonyl (C=O) groups is 1. The fraction of sp³-hybridized carbons (Fsp3) is 0.364.